The minimum absolute atomic E-state index is 0.0242. The van der Waals surface area contributed by atoms with Gasteiger partial charge >= 0.3 is 5.92 Å². The van der Waals surface area contributed by atoms with Crippen molar-refractivity contribution in [2.24, 2.45) is 0 Å². The zero-order valence-corrected chi connectivity index (χ0v) is 27.7. The van der Waals surface area contributed by atoms with Crippen molar-refractivity contribution in [1.82, 2.24) is 0 Å². The molecule has 3 unspecified atom stereocenters. The molecule has 50 heavy (non-hydrogen) atoms. The fourth-order valence-electron chi connectivity index (χ4n) is 5.83. The van der Waals surface area contributed by atoms with E-state index >= 15 is 8.78 Å². The van der Waals surface area contributed by atoms with E-state index in [4.69, 9.17) is 23.7 Å². The molecule has 1 heterocycles. The largest absolute Gasteiger partial charge is 0.374 e. The first kappa shape index (κ1) is 35.2. The van der Waals surface area contributed by atoms with E-state index in [1.54, 1.807) is 24.3 Å². The van der Waals surface area contributed by atoms with Gasteiger partial charge in [0.15, 0.2) is 6.10 Å². The lowest BCUT2D eigenvalue weighted by Gasteiger charge is -2.47. The van der Waals surface area contributed by atoms with Gasteiger partial charge in [0.05, 0.1) is 33.0 Å². The summed E-state index contributed by atoms with van der Waals surface area (Å²) in [7, 11) is 0. The van der Waals surface area contributed by atoms with E-state index in [1.807, 2.05) is 127 Å². The Morgan fingerprint density at radius 1 is 0.500 bits per heavy atom. The molecule has 1 aliphatic rings. The molecule has 5 nitrogen and oxygen atoms in total. The molecule has 0 bridgehead atoms. The van der Waals surface area contributed by atoms with Crippen LogP contribution in [-0.2, 0) is 50.1 Å². The molecule has 1 fully saturated rings. The first-order valence-electron chi connectivity index (χ1n) is 16.7. The van der Waals surface area contributed by atoms with Gasteiger partial charge in [-0.3, -0.25) is 0 Å². The third-order valence-electron chi connectivity index (χ3n) is 8.39. The maximum absolute atomic E-state index is 16.5. The number of ether oxygens (including phenoxy) is 5. The molecule has 0 radical (unpaired) electrons. The summed E-state index contributed by atoms with van der Waals surface area (Å²) in [6, 6.07) is 47.0. The summed E-state index contributed by atoms with van der Waals surface area (Å²) in [5, 5.41) is 0. The van der Waals surface area contributed by atoms with Gasteiger partial charge in [-0.1, -0.05) is 145 Å². The van der Waals surface area contributed by atoms with Crippen LogP contribution in [0.15, 0.2) is 152 Å². The maximum Gasteiger partial charge on any atom is 0.336 e. The average molecular weight is 675 g/mol. The van der Waals surface area contributed by atoms with Crippen LogP contribution >= 0.6 is 0 Å². The van der Waals surface area contributed by atoms with Crippen molar-refractivity contribution in [3.05, 3.63) is 179 Å². The Hall–Kier alpha value is -4.68. The summed E-state index contributed by atoms with van der Waals surface area (Å²) >= 11 is 0. The van der Waals surface area contributed by atoms with Gasteiger partial charge < -0.3 is 23.7 Å². The molecule has 5 aromatic rings. The topological polar surface area (TPSA) is 46.2 Å². The number of rotatable bonds is 14. The Balaban J connectivity index is 1.36. The Morgan fingerprint density at radius 3 is 1.38 bits per heavy atom. The molecule has 7 heteroatoms. The van der Waals surface area contributed by atoms with Crippen molar-refractivity contribution < 1.29 is 32.5 Å². The summed E-state index contributed by atoms with van der Waals surface area (Å²) < 4.78 is 65.1. The molecular formula is C43H40F2O5. The molecule has 256 valence electrons. The van der Waals surface area contributed by atoms with E-state index in [9.17, 15) is 0 Å². The van der Waals surface area contributed by atoms with Gasteiger partial charge in [-0.2, -0.15) is 8.78 Å². The van der Waals surface area contributed by atoms with Crippen LogP contribution < -0.4 is 0 Å². The van der Waals surface area contributed by atoms with E-state index in [-0.39, 0.29) is 33.0 Å². The minimum Gasteiger partial charge on any atom is -0.374 e. The van der Waals surface area contributed by atoms with E-state index in [2.05, 4.69) is 11.8 Å². The highest BCUT2D eigenvalue weighted by atomic mass is 19.3. The Bertz CT molecular complexity index is 1760. The SMILES string of the molecule is FC(F)(C#Cc1ccccc1)[C@@H]1OC(COCc2ccccc2)[C@@H](OCc2ccccc2)C(OCc2ccccc2)C1OCc1ccccc1. The van der Waals surface area contributed by atoms with E-state index in [0.29, 0.717) is 5.56 Å². The molecular weight excluding hydrogens is 634 g/mol. The van der Waals surface area contributed by atoms with Crippen molar-refractivity contribution in [2.75, 3.05) is 6.61 Å². The molecule has 0 aliphatic carbocycles. The van der Waals surface area contributed by atoms with Gasteiger partial charge in [-0.05, 0) is 40.3 Å². The molecule has 5 atom stereocenters. The molecule has 0 N–H and O–H groups in total. The number of hydrogen-bond donors (Lipinski definition) is 0. The number of alkyl halides is 2. The zero-order valence-electron chi connectivity index (χ0n) is 27.7. The highest BCUT2D eigenvalue weighted by molar-refractivity contribution is 5.36. The average Bonchev–Trinajstić information content (AvgIpc) is 3.17. The number of halogens is 2. The van der Waals surface area contributed by atoms with E-state index in [0.717, 1.165) is 22.3 Å². The van der Waals surface area contributed by atoms with Crippen LogP contribution in [0.25, 0.3) is 0 Å². The van der Waals surface area contributed by atoms with Crippen LogP contribution in [0.4, 0.5) is 8.78 Å². The zero-order chi connectivity index (χ0) is 34.4. The number of benzene rings is 5. The lowest BCUT2D eigenvalue weighted by molar-refractivity contribution is -0.300. The lowest BCUT2D eigenvalue weighted by atomic mass is 9.90. The van der Waals surface area contributed by atoms with Gasteiger partial charge in [-0.15, -0.1) is 0 Å². The lowest BCUT2D eigenvalue weighted by Crippen LogP contribution is -2.65. The predicted molar refractivity (Wildman–Crippen MR) is 188 cm³/mol. The van der Waals surface area contributed by atoms with Crippen LogP contribution in [0.1, 0.15) is 27.8 Å². The second kappa shape index (κ2) is 17.8. The Morgan fingerprint density at radius 2 is 0.900 bits per heavy atom. The fraction of sp³-hybridized carbons (Fsp3) is 0.256. The number of hydrogen-bond acceptors (Lipinski definition) is 5. The van der Waals surface area contributed by atoms with Gasteiger partial charge in [0, 0.05) is 5.56 Å². The normalized spacial score (nSPS) is 20.5. The summed E-state index contributed by atoms with van der Waals surface area (Å²) in [4.78, 5) is 0. The highest BCUT2D eigenvalue weighted by Crippen LogP contribution is 2.37. The van der Waals surface area contributed by atoms with Crippen LogP contribution in [0.5, 0.6) is 0 Å². The van der Waals surface area contributed by atoms with Crippen molar-refractivity contribution >= 4 is 0 Å². The quantitative estimate of drug-likeness (QED) is 0.111. The van der Waals surface area contributed by atoms with Crippen molar-refractivity contribution in [3.63, 3.8) is 0 Å². The predicted octanol–water partition coefficient (Wildman–Crippen LogP) is 8.41. The standard InChI is InChI=1S/C43H40F2O5/c44-43(45,27-26-33-16-6-1-7-17-33)42-41(49-31-37-24-14-5-15-25-37)40(48-30-36-22-12-4-13-23-36)39(47-29-35-20-10-3-11-21-35)38(50-42)32-46-28-34-18-8-2-9-19-34/h1-25,38-42H,28-32H2/t38?,39-,40?,41?,42-/m1/s1. The van der Waals surface area contributed by atoms with Crippen LogP contribution in [0.2, 0.25) is 0 Å². The summed E-state index contributed by atoms with van der Waals surface area (Å²) in [6.45, 7) is 0.649. The van der Waals surface area contributed by atoms with Gasteiger partial charge in [-0.25, -0.2) is 0 Å². The summed E-state index contributed by atoms with van der Waals surface area (Å²) in [6.07, 6.45) is -5.80. The van der Waals surface area contributed by atoms with Gasteiger partial charge in [0.1, 0.15) is 24.4 Å². The van der Waals surface area contributed by atoms with Crippen molar-refractivity contribution in [2.45, 2.75) is 62.9 Å². The van der Waals surface area contributed by atoms with Gasteiger partial charge in [0.25, 0.3) is 0 Å². The Kier molecular flexibility index (Phi) is 12.5. The first-order valence-corrected chi connectivity index (χ1v) is 16.7. The Labute approximate surface area is 292 Å². The van der Waals surface area contributed by atoms with Gasteiger partial charge in [0.2, 0.25) is 0 Å². The third kappa shape index (κ3) is 9.95. The third-order valence-corrected chi connectivity index (χ3v) is 8.39. The van der Waals surface area contributed by atoms with E-state index in [1.165, 1.54) is 0 Å². The van der Waals surface area contributed by atoms with E-state index < -0.39 is 36.4 Å². The summed E-state index contributed by atoms with van der Waals surface area (Å²) in [5.41, 5.74) is 4.03. The second-order valence-corrected chi connectivity index (χ2v) is 12.1. The maximum atomic E-state index is 16.5. The first-order chi connectivity index (χ1) is 24.5. The molecule has 0 aromatic heterocycles. The molecule has 0 saturated carbocycles. The molecule has 0 amide bonds. The fourth-order valence-corrected chi connectivity index (χ4v) is 5.83. The molecule has 5 aromatic carbocycles. The molecule has 6 rings (SSSR count). The van der Waals surface area contributed by atoms with Crippen molar-refractivity contribution in [3.8, 4) is 11.8 Å². The molecule has 0 spiro atoms. The van der Waals surface area contributed by atoms with Crippen molar-refractivity contribution in [1.29, 1.82) is 0 Å². The highest BCUT2D eigenvalue weighted by Gasteiger charge is 2.57. The molecule has 1 saturated heterocycles. The monoisotopic (exact) mass is 674 g/mol. The smallest absolute Gasteiger partial charge is 0.336 e. The molecule has 1 aliphatic heterocycles. The minimum atomic E-state index is -3.63. The van der Waals surface area contributed by atoms with Crippen LogP contribution in [0, 0.1) is 11.8 Å². The second-order valence-electron chi connectivity index (χ2n) is 12.1. The summed E-state index contributed by atoms with van der Waals surface area (Å²) in [5.74, 6) is 1.23. The van der Waals surface area contributed by atoms with Crippen LogP contribution in [0.3, 0.4) is 0 Å². The van der Waals surface area contributed by atoms with Crippen LogP contribution in [-0.4, -0.2) is 43.0 Å².